The van der Waals surface area contributed by atoms with Crippen LogP contribution in [-0.2, 0) is 6.42 Å². The van der Waals surface area contributed by atoms with Gasteiger partial charge >= 0.3 is 0 Å². The number of aliphatic hydroxyl groups is 1. The molecule has 0 aliphatic rings. The summed E-state index contributed by atoms with van der Waals surface area (Å²) in [6.45, 7) is 1.80. The lowest BCUT2D eigenvalue weighted by molar-refractivity contribution is 0.172. The van der Waals surface area contributed by atoms with Crippen LogP contribution in [0.1, 0.15) is 22.8 Å². The van der Waals surface area contributed by atoms with Crippen LogP contribution < -0.4 is 4.74 Å². The molecule has 2 aromatic rings. The Labute approximate surface area is 122 Å². The highest BCUT2D eigenvalue weighted by molar-refractivity contribution is 6.30. The molecule has 0 amide bonds. The van der Waals surface area contributed by atoms with E-state index in [1.54, 1.807) is 44.4 Å². The standard InChI is InChI=1S/C16H16ClFO2/c1-10-3-5-13(14(18)7-10)15(19)9-11-8-12(17)4-6-16(11)20-2/h3-8,15,19H,9H2,1-2H3. The molecule has 0 aliphatic carbocycles. The van der Waals surface area contributed by atoms with E-state index in [4.69, 9.17) is 16.3 Å². The maximum atomic E-state index is 13.8. The molecule has 0 aromatic heterocycles. The number of benzene rings is 2. The van der Waals surface area contributed by atoms with Crippen molar-refractivity contribution in [2.75, 3.05) is 7.11 Å². The van der Waals surface area contributed by atoms with Crippen molar-refractivity contribution in [1.29, 1.82) is 0 Å². The molecule has 2 nitrogen and oxygen atoms in total. The van der Waals surface area contributed by atoms with Crippen molar-refractivity contribution in [2.24, 2.45) is 0 Å². The molecular weight excluding hydrogens is 279 g/mol. The van der Waals surface area contributed by atoms with E-state index >= 15 is 0 Å². The average Bonchev–Trinajstić information content (AvgIpc) is 2.38. The Kier molecular flexibility index (Phi) is 4.63. The zero-order valence-corrected chi connectivity index (χ0v) is 12.1. The van der Waals surface area contributed by atoms with E-state index in [0.29, 0.717) is 10.8 Å². The maximum absolute atomic E-state index is 13.8. The summed E-state index contributed by atoms with van der Waals surface area (Å²) in [6, 6.07) is 9.95. The topological polar surface area (TPSA) is 29.5 Å². The second kappa shape index (κ2) is 6.25. The van der Waals surface area contributed by atoms with Gasteiger partial charge < -0.3 is 9.84 Å². The largest absolute Gasteiger partial charge is 0.496 e. The lowest BCUT2D eigenvalue weighted by Gasteiger charge is -2.15. The molecule has 1 unspecified atom stereocenters. The fraction of sp³-hybridized carbons (Fsp3) is 0.250. The van der Waals surface area contributed by atoms with Crippen molar-refractivity contribution in [3.63, 3.8) is 0 Å². The fourth-order valence-corrected chi connectivity index (χ4v) is 2.32. The first-order chi connectivity index (χ1) is 9.51. The number of rotatable bonds is 4. The van der Waals surface area contributed by atoms with Gasteiger partial charge in [0.05, 0.1) is 13.2 Å². The molecule has 1 N–H and O–H groups in total. The zero-order valence-electron chi connectivity index (χ0n) is 11.4. The molecule has 4 heteroatoms. The second-order valence-corrected chi connectivity index (χ2v) is 5.14. The third kappa shape index (κ3) is 3.30. The predicted molar refractivity (Wildman–Crippen MR) is 77.8 cm³/mol. The lowest BCUT2D eigenvalue weighted by Crippen LogP contribution is -2.06. The molecular formula is C16H16ClFO2. The van der Waals surface area contributed by atoms with Crippen molar-refractivity contribution in [1.82, 2.24) is 0 Å². The quantitative estimate of drug-likeness (QED) is 0.921. The van der Waals surface area contributed by atoms with Gasteiger partial charge in [0.1, 0.15) is 11.6 Å². The lowest BCUT2D eigenvalue weighted by atomic mass is 9.99. The van der Waals surface area contributed by atoms with Gasteiger partial charge in [-0.25, -0.2) is 4.39 Å². The molecule has 2 aromatic carbocycles. The fourth-order valence-electron chi connectivity index (χ4n) is 2.13. The Balaban J connectivity index is 2.27. The average molecular weight is 295 g/mol. The van der Waals surface area contributed by atoms with Crippen molar-refractivity contribution < 1.29 is 14.2 Å². The highest BCUT2D eigenvalue weighted by Crippen LogP contribution is 2.28. The van der Waals surface area contributed by atoms with E-state index in [0.717, 1.165) is 11.1 Å². The molecule has 0 saturated heterocycles. The summed E-state index contributed by atoms with van der Waals surface area (Å²) in [7, 11) is 1.55. The Morgan fingerprint density at radius 3 is 2.65 bits per heavy atom. The van der Waals surface area contributed by atoms with Gasteiger partial charge in [0.2, 0.25) is 0 Å². The Morgan fingerprint density at radius 2 is 2.00 bits per heavy atom. The van der Waals surface area contributed by atoms with Crippen LogP contribution in [0.2, 0.25) is 5.02 Å². The van der Waals surface area contributed by atoms with Crippen molar-refractivity contribution in [2.45, 2.75) is 19.4 Å². The van der Waals surface area contributed by atoms with Gasteiger partial charge in [-0.3, -0.25) is 0 Å². The Bertz CT molecular complexity index is 613. The normalized spacial score (nSPS) is 12.2. The van der Waals surface area contributed by atoms with E-state index < -0.39 is 11.9 Å². The van der Waals surface area contributed by atoms with Crippen LogP contribution in [0.25, 0.3) is 0 Å². The van der Waals surface area contributed by atoms with Gasteiger partial charge in [-0.2, -0.15) is 0 Å². The summed E-state index contributed by atoms with van der Waals surface area (Å²) < 4.78 is 19.1. The first-order valence-corrected chi connectivity index (χ1v) is 6.65. The van der Waals surface area contributed by atoms with Gasteiger partial charge in [0, 0.05) is 17.0 Å². The minimum atomic E-state index is -0.942. The summed E-state index contributed by atoms with van der Waals surface area (Å²) >= 11 is 5.94. The van der Waals surface area contributed by atoms with Crippen LogP contribution in [0.4, 0.5) is 4.39 Å². The molecule has 106 valence electrons. The highest BCUT2D eigenvalue weighted by Gasteiger charge is 2.16. The molecule has 0 aliphatic heterocycles. The summed E-state index contributed by atoms with van der Waals surface area (Å²) in [6.07, 6.45) is -0.702. The molecule has 2 rings (SSSR count). The first-order valence-electron chi connectivity index (χ1n) is 6.28. The minimum absolute atomic E-state index is 0.240. The van der Waals surface area contributed by atoms with Gasteiger partial charge in [0.15, 0.2) is 0 Å². The van der Waals surface area contributed by atoms with E-state index in [9.17, 15) is 9.50 Å². The van der Waals surface area contributed by atoms with E-state index in [1.165, 1.54) is 6.07 Å². The van der Waals surface area contributed by atoms with Crippen molar-refractivity contribution >= 4 is 11.6 Å². The smallest absolute Gasteiger partial charge is 0.129 e. The molecule has 0 heterocycles. The summed E-state index contributed by atoms with van der Waals surface area (Å²) in [5.41, 5.74) is 1.84. The Morgan fingerprint density at radius 1 is 1.25 bits per heavy atom. The molecule has 0 saturated carbocycles. The van der Waals surface area contributed by atoms with Gasteiger partial charge in [-0.1, -0.05) is 23.7 Å². The van der Waals surface area contributed by atoms with Crippen LogP contribution in [0.3, 0.4) is 0 Å². The number of hydrogen-bond donors (Lipinski definition) is 1. The number of halogens is 2. The van der Waals surface area contributed by atoms with Gasteiger partial charge in [-0.15, -0.1) is 0 Å². The third-order valence-corrected chi connectivity index (χ3v) is 3.41. The number of aliphatic hydroxyl groups excluding tert-OH is 1. The number of methoxy groups -OCH3 is 1. The van der Waals surface area contributed by atoms with Crippen molar-refractivity contribution in [3.05, 3.63) is 63.9 Å². The highest BCUT2D eigenvalue weighted by atomic mass is 35.5. The number of hydrogen-bond acceptors (Lipinski definition) is 2. The molecule has 0 fully saturated rings. The second-order valence-electron chi connectivity index (χ2n) is 4.70. The van der Waals surface area contributed by atoms with Crippen LogP contribution in [-0.4, -0.2) is 12.2 Å². The molecule has 0 bridgehead atoms. The molecule has 1 atom stereocenters. The summed E-state index contributed by atoms with van der Waals surface area (Å²) in [5, 5.41) is 10.8. The summed E-state index contributed by atoms with van der Waals surface area (Å²) in [5.74, 6) is 0.222. The molecule has 0 spiro atoms. The summed E-state index contributed by atoms with van der Waals surface area (Å²) in [4.78, 5) is 0. The molecule has 0 radical (unpaired) electrons. The third-order valence-electron chi connectivity index (χ3n) is 3.17. The molecule has 20 heavy (non-hydrogen) atoms. The zero-order chi connectivity index (χ0) is 14.7. The van der Waals surface area contributed by atoms with Crippen molar-refractivity contribution in [3.8, 4) is 5.75 Å². The van der Waals surface area contributed by atoms with Gasteiger partial charge in [0.25, 0.3) is 0 Å². The van der Waals surface area contributed by atoms with Crippen LogP contribution in [0, 0.1) is 12.7 Å². The van der Waals surface area contributed by atoms with E-state index in [2.05, 4.69) is 0 Å². The predicted octanol–water partition coefficient (Wildman–Crippen LogP) is 4.07. The Hall–Kier alpha value is -1.58. The minimum Gasteiger partial charge on any atom is -0.496 e. The van der Waals surface area contributed by atoms with E-state index in [-0.39, 0.29) is 12.0 Å². The maximum Gasteiger partial charge on any atom is 0.129 e. The van der Waals surface area contributed by atoms with Crippen LogP contribution in [0.5, 0.6) is 5.75 Å². The van der Waals surface area contributed by atoms with E-state index in [1.807, 2.05) is 0 Å². The SMILES string of the molecule is COc1ccc(Cl)cc1CC(O)c1ccc(C)cc1F. The number of aryl methyl sites for hydroxylation is 1. The number of ether oxygens (including phenoxy) is 1. The first kappa shape index (κ1) is 14.8. The van der Waals surface area contributed by atoms with Crippen LogP contribution >= 0.6 is 11.6 Å². The monoisotopic (exact) mass is 294 g/mol. The van der Waals surface area contributed by atoms with Crippen LogP contribution in [0.15, 0.2) is 36.4 Å². The van der Waals surface area contributed by atoms with Gasteiger partial charge in [-0.05, 0) is 42.3 Å².